The van der Waals surface area contributed by atoms with Crippen LogP contribution in [0.25, 0.3) is 0 Å². The molecule has 1 aromatic carbocycles. The van der Waals surface area contributed by atoms with Crippen molar-refractivity contribution in [2.45, 2.75) is 18.9 Å². The normalized spacial score (nSPS) is 17.1. The first-order valence-corrected chi connectivity index (χ1v) is 5.67. The van der Waals surface area contributed by atoms with Gasteiger partial charge in [-0.3, -0.25) is 4.79 Å². The highest BCUT2D eigenvalue weighted by molar-refractivity contribution is 5.75. The zero-order chi connectivity index (χ0) is 11.4. The summed E-state index contributed by atoms with van der Waals surface area (Å²) >= 11 is 0. The molecule has 0 unspecified atom stereocenters. The molecule has 0 spiro atoms. The summed E-state index contributed by atoms with van der Waals surface area (Å²) < 4.78 is 5.35. The number of rotatable bonds is 3. The maximum Gasteiger partial charge on any atom is 0.150 e. The average molecular weight is 219 g/mol. The van der Waals surface area contributed by atoms with Crippen LogP contribution in [-0.2, 0) is 4.74 Å². The summed E-state index contributed by atoms with van der Waals surface area (Å²) in [6.07, 6.45) is 3.02. The Balaban J connectivity index is 2.06. The van der Waals surface area contributed by atoms with Crippen LogP contribution in [0.2, 0.25) is 0 Å². The molecule has 16 heavy (non-hydrogen) atoms. The number of hydrogen-bond acceptors (Lipinski definition) is 3. The Morgan fingerprint density at radius 1 is 1.25 bits per heavy atom. The second kappa shape index (κ2) is 5.12. The standard InChI is InChI=1S/C13H17NO2/c1-14(13-6-8-16-9-7-13)12-4-2-11(10-15)3-5-12/h2-5,10,13H,6-9H2,1H3. The third-order valence-electron chi connectivity index (χ3n) is 3.17. The number of benzene rings is 1. The Labute approximate surface area is 96.0 Å². The van der Waals surface area contributed by atoms with E-state index in [9.17, 15) is 4.79 Å². The highest BCUT2D eigenvalue weighted by atomic mass is 16.5. The highest BCUT2D eigenvalue weighted by Crippen LogP contribution is 2.21. The monoisotopic (exact) mass is 219 g/mol. The molecule has 0 saturated carbocycles. The molecule has 0 bridgehead atoms. The van der Waals surface area contributed by atoms with Gasteiger partial charge in [-0.2, -0.15) is 0 Å². The maximum absolute atomic E-state index is 10.6. The average Bonchev–Trinajstić information content (AvgIpc) is 2.39. The molecular formula is C13H17NO2. The van der Waals surface area contributed by atoms with Crippen molar-refractivity contribution < 1.29 is 9.53 Å². The van der Waals surface area contributed by atoms with Gasteiger partial charge in [0.05, 0.1) is 0 Å². The fraction of sp³-hybridized carbons (Fsp3) is 0.462. The largest absolute Gasteiger partial charge is 0.381 e. The number of anilines is 1. The van der Waals surface area contributed by atoms with Crippen molar-refractivity contribution >= 4 is 12.0 Å². The molecule has 2 rings (SSSR count). The lowest BCUT2D eigenvalue weighted by Gasteiger charge is -2.32. The Morgan fingerprint density at radius 2 is 1.88 bits per heavy atom. The topological polar surface area (TPSA) is 29.5 Å². The fourth-order valence-corrected chi connectivity index (χ4v) is 2.07. The molecule has 1 heterocycles. The van der Waals surface area contributed by atoms with Gasteiger partial charge in [0.2, 0.25) is 0 Å². The van der Waals surface area contributed by atoms with E-state index in [0.717, 1.165) is 43.6 Å². The number of hydrogen-bond donors (Lipinski definition) is 0. The second-order valence-electron chi connectivity index (χ2n) is 4.16. The predicted molar refractivity (Wildman–Crippen MR) is 64.1 cm³/mol. The minimum absolute atomic E-state index is 0.552. The van der Waals surface area contributed by atoms with E-state index < -0.39 is 0 Å². The van der Waals surface area contributed by atoms with Crippen molar-refractivity contribution in [1.82, 2.24) is 0 Å². The zero-order valence-electron chi connectivity index (χ0n) is 9.56. The van der Waals surface area contributed by atoms with Crippen LogP contribution in [0.3, 0.4) is 0 Å². The summed E-state index contributed by atoms with van der Waals surface area (Å²) in [6.45, 7) is 1.70. The minimum atomic E-state index is 0.552. The summed E-state index contributed by atoms with van der Waals surface area (Å²) in [7, 11) is 2.10. The maximum atomic E-state index is 10.6. The molecule has 0 radical (unpaired) electrons. The minimum Gasteiger partial charge on any atom is -0.381 e. The van der Waals surface area contributed by atoms with Crippen molar-refractivity contribution in [3.05, 3.63) is 29.8 Å². The molecule has 86 valence electrons. The molecular weight excluding hydrogens is 202 g/mol. The Kier molecular flexibility index (Phi) is 3.57. The van der Waals surface area contributed by atoms with Gasteiger partial charge < -0.3 is 9.64 Å². The van der Waals surface area contributed by atoms with Crippen LogP contribution in [0.15, 0.2) is 24.3 Å². The van der Waals surface area contributed by atoms with Crippen LogP contribution < -0.4 is 4.90 Å². The van der Waals surface area contributed by atoms with Gasteiger partial charge in [0, 0.05) is 37.6 Å². The molecule has 3 heteroatoms. The molecule has 0 N–H and O–H groups in total. The molecule has 1 aromatic rings. The highest BCUT2D eigenvalue weighted by Gasteiger charge is 2.18. The van der Waals surface area contributed by atoms with E-state index in [1.807, 2.05) is 24.3 Å². The van der Waals surface area contributed by atoms with Crippen LogP contribution >= 0.6 is 0 Å². The third kappa shape index (κ3) is 2.42. The molecule has 0 amide bonds. The van der Waals surface area contributed by atoms with E-state index in [1.165, 1.54) is 0 Å². The SMILES string of the molecule is CN(c1ccc(C=O)cc1)C1CCOCC1. The smallest absolute Gasteiger partial charge is 0.150 e. The summed E-state index contributed by atoms with van der Waals surface area (Å²) in [5, 5.41) is 0. The molecule has 1 aliphatic heterocycles. The van der Waals surface area contributed by atoms with Gasteiger partial charge in [-0.05, 0) is 37.1 Å². The first kappa shape index (κ1) is 11.1. The molecule has 0 atom stereocenters. The van der Waals surface area contributed by atoms with E-state index >= 15 is 0 Å². The van der Waals surface area contributed by atoms with Crippen molar-refractivity contribution in [2.24, 2.45) is 0 Å². The van der Waals surface area contributed by atoms with E-state index in [-0.39, 0.29) is 0 Å². The van der Waals surface area contributed by atoms with E-state index in [1.54, 1.807) is 0 Å². The van der Waals surface area contributed by atoms with E-state index in [2.05, 4.69) is 11.9 Å². The summed E-state index contributed by atoms with van der Waals surface area (Å²) in [5.74, 6) is 0. The van der Waals surface area contributed by atoms with Crippen molar-refractivity contribution in [2.75, 3.05) is 25.2 Å². The number of carbonyl (C=O) groups is 1. The number of nitrogens with zero attached hydrogens (tertiary/aromatic N) is 1. The molecule has 0 aliphatic carbocycles. The van der Waals surface area contributed by atoms with Crippen LogP contribution in [0.5, 0.6) is 0 Å². The van der Waals surface area contributed by atoms with Gasteiger partial charge in [-0.25, -0.2) is 0 Å². The molecule has 3 nitrogen and oxygen atoms in total. The molecule has 1 aliphatic rings. The van der Waals surface area contributed by atoms with Gasteiger partial charge in [0.1, 0.15) is 6.29 Å². The summed E-state index contributed by atoms with van der Waals surface area (Å²) in [5.41, 5.74) is 1.89. The Morgan fingerprint density at radius 3 is 2.44 bits per heavy atom. The third-order valence-corrected chi connectivity index (χ3v) is 3.17. The van der Waals surface area contributed by atoms with Crippen LogP contribution in [0.4, 0.5) is 5.69 Å². The van der Waals surface area contributed by atoms with Crippen molar-refractivity contribution in [1.29, 1.82) is 0 Å². The molecule has 0 aromatic heterocycles. The second-order valence-corrected chi connectivity index (χ2v) is 4.16. The zero-order valence-corrected chi connectivity index (χ0v) is 9.56. The van der Waals surface area contributed by atoms with Crippen LogP contribution in [0, 0.1) is 0 Å². The lowest BCUT2D eigenvalue weighted by Crippen LogP contribution is -2.36. The van der Waals surface area contributed by atoms with Gasteiger partial charge in [0.25, 0.3) is 0 Å². The van der Waals surface area contributed by atoms with E-state index in [0.29, 0.717) is 6.04 Å². The fourth-order valence-electron chi connectivity index (χ4n) is 2.07. The van der Waals surface area contributed by atoms with Gasteiger partial charge >= 0.3 is 0 Å². The number of carbonyl (C=O) groups excluding carboxylic acids is 1. The van der Waals surface area contributed by atoms with Gasteiger partial charge in [-0.15, -0.1) is 0 Å². The summed E-state index contributed by atoms with van der Waals surface area (Å²) in [6, 6.07) is 8.27. The Bertz CT molecular complexity index is 341. The first-order chi connectivity index (χ1) is 7.81. The number of aldehydes is 1. The van der Waals surface area contributed by atoms with Crippen LogP contribution in [-0.4, -0.2) is 32.6 Å². The molecule has 1 fully saturated rings. The number of ether oxygens (including phenoxy) is 1. The van der Waals surface area contributed by atoms with E-state index in [4.69, 9.17) is 4.74 Å². The lowest BCUT2D eigenvalue weighted by molar-refractivity contribution is 0.0855. The summed E-state index contributed by atoms with van der Waals surface area (Å²) in [4.78, 5) is 12.8. The predicted octanol–water partition coefficient (Wildman–Crippen LogP) is 2.11. The van der Waals surface area contributed by atoms with Crippen molar-refractivity contribution in [3.8, 4) is 0 Å². The Hall–Kier alpha value is -1.35. The quantitative estimate of drug-likeness (QED) is 0.729. The van der Waals surface area contributed by atoms with Gasteiger partial charge in [0.15, 0.2) is 0 Å². The first-order valence-electron chi connectivity index (χ1n) is 5.67. The molecule has 1 saturated heterocycles. The van der Waals surface area contributed by atoms with Crippen molar-refractivity contribution in [3.63, 3.8) is 0 Å². The lowest BCUT2D eigenvalue weighted by atomic mass is 10.1. The van der Waals surface area contributed by atoms with Gasteiger partial charge in [-0.1, -0.05) is 0 Å². The van der Waals surface area contributed by atoms with Crippen LogP contribution in [0.1, 0.15) is 23.2 Å².